The van der Waals surface area contributed by atoms with Crippen LogP contribution in [0, 0.1) is 11.8 Å². The first-order valence-corrected chi connectivity index (χ1v) is 6.70. The SMILES string of the molecule is CC1CCCC(CNC(C)(C)C(C)(C)O)C1. The highest BCUT2D eigenvalue weighted by atomic mass is 16.3. The molecular weight excluding hydrogens is 198 g/mol. The highest BCUT2D eigenvalue weighted by molar-refractivity contribution is 4.94. The van der Waals surface area contributed by atoms with Crippen molar-refractivity contribution in [2.75, 3.05) is 6.54 Å². The Morgan fingerprint density at radius 1 is 1.19 bits per heavy atom. The number of hydrogen-bond acceptors (Lipinski definition) is 2. The fraction of sp³-hybridized carbons (Fsp3) is 1.00. The standard InChI is InChI=1S/C14H29NO/c1-11-7-6-8-12(9-11)10-15-13(2,3)14(4,5)16/h11-12,15-16H,6-10H2,1-5H3. The summed E-state index contributed by atoms with van der Waals surface area (Å²) in [6.07, 6.45) is 5.45. The van der Waals surface area contributed by atoms with Crippen molar-refractivity contribution in [1.29, 1.82) is 0 Å². The van der Waals surface area contributed by atoms with Gasteiger partial charge in [0.15, 0.2) is 0 Å². The Bertz CT molecular complexity index is 217. The third-order valence-corrected chi connectivity index (χ3v) is 4.41. The van der Waals surface area contributed by atoms with E-state index in [0.29, 0.717) is 0 Å². The minimum absolute atomic E-state index is 0.215. The summed E-state index contributed by atoms with van der Waals surface area (Å²) >= 11 is 0. The van der Waals surface area contributed by atoms with Crippen LogP contribution in [0.1, 0.15) is 60.3 Å². The van der Waals surface area contributed by atoms with Crippen LogP contribution in [-0.2, 0) is 0 Å². The average molecular weight is 227 g/mol. The molecule has 0 saturated heterocycles. The van der Waals surface area contributed by atoms with Gasteiger partial charge in [-0.1, -0.05) is 19.8 Å². The minimum atomic E-state index is -0.673. The van der Waals surface area contributed by atoms with E-state index in [1.165, 1.54) is 25.7 Å². The van der Waals surface area contributed by atoms with Gasteiger partial charge in [0.2, 0.25) is 0 Å². The molecule has 1 rings (SSSR count). The summed E-state index contributed by atoms with van der Waals surface area (Å²) in [4.78, 5) is 0. The van der Waals surface area contributed by atoms with Crippen LogP contribution in [0.2, 0.25) is 0 Å². The highest BCUT2D eigenvalue weighted by Crippen LogP contribution is 2.29. The predicted molar refractivity (Wildman–Crippen MR) is 69.5 cm³/mol. The Morgan fingerprint density at radius 2 is 1.81 bits per heavy atom. The molecule has 1 aliphatic carbocycles. The second-order valence-corrected chi connectivity index (χ2v) is 6.70. The van der Waals surface area contributed by atoms with E-state index in [1.54, 1.807) is 0 Å². The van der Waals surface area contributed by atoms with Crippen LogP contribution >= 0.6 is 0 Å². The lowest BCUT2D eigenvalue weighted by molar-refractivity contribution is -0.00709. The maximum atomic E-state index is 10.1. The van der Waals surface area contributed by atoms with Gasteiger partial charge < -0.3 is 10.4 Å². The fourth-order valence-electron chi connectivity index (χ4n) is 2.36. The molecule has 1 saturated carbocycles. The fourth-order valence-corrected chi connectivity index (χ4v) is 2.36. The molecule has 1 fully saturated rings. The van der Waals surface area contributed by atoms with E-state index in [9.17, 15) is 5.11 Å². The van der Waals surface area contributed by atoms with Crippen molar-refractivity contribution in [3.8, 4) is 0 Å². The van der Waals surface area contributed by atoms with Gasteiger partial charge in [0.1, 0.15) is 0 Å². The molecule has 0 bridgehead atoms. The smallest absolute Gasteiger partial charge is 0.0767 e. The number of hydrogen-bond donors (Lipinski definition) is 2. The molecule has 2 nitrogen and oxygen atoms in total. The number of nitrogens with one attached hydrogen (secondary N) is 1. The minimum Gasteiger partial charge on any atom is -0.389 e. The Kier molecular flexibility index (Phi) is 4.42. The summed E-state index contributed by atoms with van der Waals surface area (Å²) in [6.45, 7) is 11.3. The zero-order valence-corrected chi connectivity index (χ0v) is 11.6. The van der Waals surface area contributed by atoms with Crippen molar-refractivity contribution < 1.29 is 5.11 Å². The summed E-state index contributed by atoms with van der Waals surface area (Å²) in [5, 5.41) is 13.6. The molecule has 2 N–H and O–H groups in total. The molecule has 16 heavy (non-hydrogen) atoms. The molecule has 96 valence electrons. The van der Waals surface area contributed by atoms with E-state index in [2.05, 4.69) is 26.1 Å². The van der Waals surface area contributed by atoms with Crippen molar-refractivity contribution >= 4 is 0 Å². The lowest BCUT2D eigenvalue weighted by Gasteiger charge is -2.40. The van der Waals surface area contributed by atoms with Gasteiger partial charge in [-0.15, -0.1) is 0 Å². The Morgan fingerprint density at radius 3 is 2.31 bits per heavy atom. The zero-order chi connectivity index (χ0) is 12.4. The molecule has 0 aliphatic heterocycles. The van der Waals surface area contributed by atoms with Gasteiger partial charge in [-0.05, 0) is 58.9 Å². The molecule has 0 aromatic carbocycles. The van der Waals surface area contributed by atoms with Gasteiger partial charge in [0.25, 0.3) is 0 Å². The average Bonchev–Trinajstić information content (AvgIpc) is 2.13. The summed E-state index contributed by atoms with van der Waals surface area (Å²) < 4.78 is 0. The Balaban J connectivity index is 2.39. The van der Waals surface area contributed by atoms with Crippen molar-refractivity contribution in [2.24, 2.45) is 11.8 Å². The maximum absolute atomic E-state index is 10.1. The lowest BCUT2D eigenvalue weighted by Crippen LogP contribution is -2.56. The van der Waals surface area contributed by atoms with Crippen LogP contribution in [-0.4, -0.2) is 22.8 Å². The van der Waals surface area contributed by atoms with Crippen molar-refractivity contribution in [3.05, 3.63) is 0 Å². The Hall–Kier alpha value is -0.0800. The van der Waals surface area contributed by atoms with E-state index in [-0.39, 0.29) is 5.54 Å². The normalized spacial score (nSPS) is 28.1. The lowest BCUT2D eigenvalue weighted by atomic mass is 9.81. The van der Waals surface area contributed by atoms with E-state index in [1.807, 2.05) is 13.8 Å². The van der Waals surface area contributed by atoms with Gasteiger partial charge in [0, 0.05) is 5.54 Å². The third kappa shape index (κ3) is 3.74. The summed E-state index contributed by atoms with van der Waals surface area (Å²) in [7, 11) is 0. The van der Waals surface area contributed by atoms with E-state index in [4.69, 9.17) is 0 Å². The van der Waals surface area contributed by atoms with Crippen LogP contribution in [0.5, 0.6) is 0 Å². The first-order valence-electron chi connectivity index (χ1n) is 6.70. The van der Waals surface area contributed by atoms with Gasteiger partial charge in [-0.2, -0.15) is 0 Å². The molecule has 2 atom stereocenters. The molecule has 0 amide bonds. The molecule has 0 spiro atoms. The quantitative estimate of drug-likeness (QED) is 0.774. The predicted octanol–water partition coefficient (Wildman–Crippen LogP) is 2.95. The maximum Gasteiger partial charge on any atom is 0.0767 e. The van der Waals surface area contributed by atoms with Crippen molar-refractivity contribution in [2.45, 2.75) is 71.4 Å². The first kappa shape index (κ1) is 14.0. The molecular formula is C14H29NO. The monoisotopic (exact) mass is 227 g/mol. The molecule has 0 heterocycles. The Labute approximate surface area is 101 Å². The zero-order valence-electron chi connectivity index (χ0n) is 11.6. The molecule has 0 aromatic heterocycles. The van der Waals surface area contributed by atoms with Crippen molar-refractivity contribution in [3.63, 3.8) is 0 Å². The summed E-state index contributed by atoms with van der Waals surface area (Å²) in [5.41, 5.74) is -0.888. The highest BCUT2D eigenvalue weighted by Gasteiger charge is 2.35. The van der Waals surface area contributed by atoms with Gasteiger partial charge in [-0.25, -0.2) is 0 Å². The molecule has 2 unspecified atom stereocenters. The molecule has 1 aliphatic rings. The van der Waals surface area contributed by atoms with Gasteiger partial charge in [-0.3, -0.25) is 0 Å². The van der Waals surface area contributed by atoms with E-state index in [0.717, 1.165) is 18.4 Å². The largest absolute Gasteiger partial charge is 0.389 e. The van der Waals surface area contributed by atoms with Crippen LogP contribution in [0.25, 0.3) is 0 Å². The molecule has 0 aromatic rings. The van der Waals surface area contributed by atoms with Crippen molar-refractivity contribution in [1.82, 2.24) is 5.32 Å². The van der Waals surface area contributed by atoms with Crippen LogP contribution < -0.4 is 5.32 Å². The second kappa shape index (κ2) is 5.05. The van der Waals surface area contributed by atoms with E-state index < -0.39 is 5.60 Å². The second-order valence-electron chi connectivity index (χ2n) is 6.70. The van der Waals surface area contributed by atoms with Crippen LogP contribution in [0.3, 0.4) is 0 Å². The molecule has 0 radical (unpaired) electrons. The van der Waals surface area contributed by atoms with Gasteiger partial charge >= 0.3 is 0 Å². The number of rotatable bonds is 4. The van der Waals surface area contributed by atoms with Crippen LogP contribution in [0.15, 0.2) is 0 Å². The topological polar surface area (TPSA) is 32.3 Å². The van der Waals surface area contributed by atoms with E-state index >= 15 is 0 Å². The number of aliphatic hydroxyl groups is 1. The molecule has 2 heteroatoms. The van der Waals surface area contributed by atoms with Gasteiger partial charge in [0.05, 0.1) is 5.60 Å². The third-order valence-electron chi connectivity index (χ3n) is 4.41. The summed E-state index contributed by atoms with van der Waals surface area (Å²) in [5.74, 6) is 1.68. The first-order chi connectivity index (χ1) is 7.22. The summed E-state index contributed by atoms with van der Waals surface area (Å²) in [6, 6.07) is 0. The van der Waals surface area contributed by atoms with Crippen LogP contribution in [0.4, 0.5) is 0 Å².